The molecule has 1 unspecified atom stereocenters. The number of hydrogen-bond donors (Lipinski definition) is 1. The van der Waals surface area contributed by atoms with Crippen LogP contribution in [0.2, 0.25) is 0 Å². The van der Waals surface area contributed by atoms with E-state index < -0.39 is 0 Å². The Morgan fingerprint density at radius 1 is 1.47 bits per heavy atom. The Labute approximate surface area is 88.8 Å². The average molecular weight is 209 g/mol. The van der Waals surface area contributed by atoms with E-state index in [0.717, 1.165) is 19.7 Å². The fraction of sp³-hybridized carbons (Fsp3) is 0.600. The normalized spacial score (nSPS) is 21.5. The molecule has 5 heteroatoms. The van der Waals surface area contributed by atoms with E-state index in [0.29, 0.717) is 19.0 Å². The molecular formula is C10H15N3O2. The maximum atomic E-state index is 5.49. The van der Waals surface area contributed by atoms with Gasteiger partial charge in [-0.05, 0) is 6.07 Å². The van der Waals surface area contributed by atoms with Gasteiger partial charge in [0.15, 0.2) is 5.82 Å². The van der Waals surface area contributed by atoms with Gasteiger partial charge < -0.3 is 14.8 Å². The third-order valence-electron chi connectivity index (χ3n) is 2.16. The lowest BCUT2D eigenvalue weighted by molar-refractivity contribution is -0.0369. The Kier molecular flexibility index (Phi) is 4.01. The molecule has 0 radical (unpaired) electrons. The van der Waals surface area contributed by atoms with Gasteiger partial charge in [0.05, 0.1) is 19.3 Å². The lowest BCUT2D eigenvalue weighted by Crippen LogP contribution is -2.40. The monoisotopic (exact) mass is 209 g/mol. The van der Waals surface area contributed by atoms with Crippen molar-refractivity contribution in [3.05, 3.63) is 24.3 Å². The molecule has 0 amide bonds. The molecule has 1 aliphatic heterocycles. The van der Waals surface area contributed by atoms with Crippen LogP contribution in [0.4, 0.5) is 0 Å². The second-order valence-electron chi connectivity index (χ2n) is 3.38. The highest BCUT2D eigenvalue weighted by Gasteiger charge is 2.13. The van der Waals surface area contributed by atoms with Gasteiger partial charge in [0.2, 0.25) is 0 Å². The fourth-order valence-corrected chi connectivity index (χ4v) is 1.41. The molecule has 0 spiro atoms. The van der Waals surface area contributed by atoms with Gasteiger partial charge in [0.25, 0.3) is 0 Å². The molecule has 1 atom stereocenters. The maximum Gasteiger partial charge on any atom is 0.153 e. The lowest BCUT2D eigenvalue weighted by atomic mass is 10.3. The zero-order chi connectivity index (χ0) is 10.3. The highest BCUT2D eigenvalue weighted by Crippen LogP contribution is 1.99. The van der Waals surface area contributed by atoms with E-state index in [1.54, 1.807) is 18.5 Å². The van der Waals surface area contributed by atoms with Gasteiger partial charge in [0.1, 0.15) is 6.61 Å². The van der Waals surface area contributed by atoms with Crippen LogP contribution < -0.4 is 5.32 Å². The van der Waals surface area contributed by atoms with Crippen molar-refractivity contribution in [2.75, 3.05) is 26.3 Å². The van der Waals surface area contributed by atoms with Gasteiger partial charge in [-0.15, -0.1) is 0 Å². The van der Waals surface area contributed by atoms with Crippen molar-refractivity contribution in [2.24, 2.45) is 0 Å². The van der Waals surface area contributed by atoms with E-state index in [4.69, 9.17) is 9.47 Å². The molecule has 2 rings (SSSR count). The van der Waals surface area contributed by atoms with Crippen molar-refractivity contribution in [3.8, 4) is 0 Å². The minimum atomic E-state index is 0.155. The van der Waals surface area contributed by atoms with Crippen molar-refractivity contribution in [3.63, 3.8) is 0 Å². The molecule has 1 saturated heterocycles. The van der Waals surface area contributed by atoms with Crippen LogP contribution in [-0.2, 0) is 16.1 Å². The van der Waals surface area contributed by atoms with Crippen molar-refractivity contribution < 1.29 is 9.47 Å². The average Bonchev–Trinajstić information content (AvgIpc) is 2.32. The first-order valence-electron chi connectivity index (χ1n) is 5.11. The lowest BCUT2D eigenvalue weighted by Gasteiger charge is -2.23. The summed E-state index contributed by atoms with van der Waals surface area (Å²) in [5, 5.41) is 3.25. The predicted molar refractivity (Wildman–Crippen MR) is 54.3 cm³/mol. The van der Waals surface area contributed by atoms with E-state index in [2.05, 4.69) is 15.3 Å². The van der Waals surface area contributed by atoms with Gasteiger partial charge in [-0.1, -0.05) is 0 Å². The maximum absolute atomic E-state index is 5.49. The van der Waals surface area contributed by atoms with E-state index in [-0.39, 0.29) is 6.10 Å². The SMILES string of the molecule is c1cnc(COCC2CNCCO2)nc1. The molecule has 0 aliphatic carbocycles. The quantitative estimate of drug-likeness (QED) is 0.755. The number of rotatable bonds is 4. The molecule has 1 N–H and O–H groups in total. The molecule has 0 bridgehead atoms. The van der Waals surface area contributed by atoms with Crippen LogP contribution in [0, 0.1) is 0 Å². The first-order valence-corrected chi connectivity index (χ1v) is 5.11. The van der Waals surface area contributed by atoms with Crippen molar-refractivity contribution in [1.29, 1.82) is 0 Å². The van der Waals surface area contributed by atoms with Gasteiger partial charge in [-0.3, -0.25) is 0 Å². The number of ether oxygens (including phenoxy) is 2. The summed E-state index contributed by atoms with van der Waals surface area (Å²) in [5.41, 5.74) is 0. The van der Waals surface area contributed by atoms with Crippen LogP contribution in [0.15, 0.2) is 18.5 Å². The fourth-order valence-electron chi connectivity index (χ4n) is 1.41. The van der Waals surface area contributed by atoms with E-state index >= 15 is 0 Å². The highest BCUT2D eigenvalue weighted by atomic mass is 16.5. The van der Waals surface area contributed by atoms with E-state index in [1.165, 1.54) is 0 Å². The standard InChI is InChI=1S/C10H15N3O2/c1-2-12-10(13-3-1)8-14-7-9-6-11-4-5-15-9/h1-3,9,11H,4-8H2. The number of aromatic nitrogens is 2. The minimum absolute atomic E-state index is 0.155. The van der Waals surface area contributed by atoms with Crippen LogP contribution in [0.5, 0.6) is 0 Å². The van der Waals surface area contributed by atoms with Crippen molar-refractivity contribution in [2.45, 2.75) is 12.7 Å². The molecule has 0 saturated carbocycles. The van der Waals surface area contributed by atoms with E-state index in [1.807, 2.05) is 0 Å². The third kappa shape index (κ3) is 3.54. The minimum Gasteiger partial charge on any atom is -0.373 e. The molecule has 82 valence electrons. The summed E-state index contributed by atoms with van der Waals surface area (Å²) in [6.07, 6.45) is 3.58. The smallest absolute Gasteiger partial charge is 0.153 e. The summed E-state index contributed by atoms with van der Waals surface area (Å²) in [7, 11) is 0. The second-order valence-corrected chi connectivity index (χ2v) is 3.38. The molecular weight excluding hydrogens is 194 g/mol. The van der Waals surface area contributed by atoms with Crippen molar-refractivity contribution >= 4 is 0 Å². The van der Waals surface area contributed by atoms with Crippen LogP contribution in [0.1, 0.15) is 5.82 Å². The Morgan fingerprint density at radius 2 is 2.33 bits per heavy atom. The summed E-state index contributed by atoms with van der Waals surface area (Å²) in [4.78, 5) is 8.14. The van der Waals surface area contributed by atoms with Crippen LogP contribution >= 0.6 is 0 Å². The zero-order valence-electron chi connectivity index (χ0n) is 8.56. The topological polar surface area (TPSA) is 56.3 Å². The zero-order valence-corrected chi connectivity index (χ0v) is 8.56. The van der Waals surface area contributed by atoms with Gasteiger partial charge in [-0.2, -0.15) is 0 Å². The summed E-state index contributed by atoms with van der Waals surface area (Å²) in [6, 6.07) is 1.79. The summed E-state index contributed by atoms with van der Waals surface area (Å²) < 4.78 is 11.0. The number of hydrogen-bond acceptors (Lipinski definition) is 5. The van der Waals surface area contributed by atoms with Crippen LogP contribution in [0.3, 0.4) is 0 Å². The Balaban J connectivity index is 1.66. The largest absolute Gasteiger partial charge is 0.373 e. The summed E-state index contributed by atoms with van der Waals surface area (Å²) in [6.45, 7) is 3.58. The number of nitrogens with zero attached hydrogens (tertiary/aromatic N) is 2. The van der Waals surface area contributed by atoms with E-state index in [9.17, 15) is 0 Å². The highest BCUT2D eigenvalue weighted by molar-refractivity contribution is 4.86. The van der Waals surface area contributed by atoms with Crippen molar-refractivity contribution in [1.82, 2.24) is 15.3 Å². The third-order valence-corrected chi connectivity index (χ3v) is 2.16. The summed E-state index contributed by atoms with van der Waals surface area (Å²) >= 11 is 0. The van der Waals surface area contributed by atoms with Crippen LogP contribution in [-0.4, -0.2) is 42.4 Å². The Hall–Kier alpha value is -1.04. The molecule has 1 aliphatic rings. The molecule has 15 heavy (non-hydrogen) atoms. The first kappa shape index (κ1) is 10.5. The molecule has 0 aromatic carbocycles. The Morgan fingerprint density at radius 3 is 3.07 bits per heavy atom. The van der Waals surface area contributed by atoms with Gasteiger partial charge in [0, 0.05) is 25.5 Å². The molecule has 5 nitrogen and oxygen atoms in total. The number of morpholine rings is 1. The molecule has 2 heterocycles. The first-order chi connectivity index (χ1) is 7.45. The predicted octanol–water partition coefficient (Wildman–Crippen LogP) is -0.0184. The van der Waals surface area contributed by atoms with Gasteiger partial charge in [-0.25, -0.2) is 9.97 Å². The number of nitrogens with one attached hydrogen (secondary N) is 1. The molecule has 1 aromatic rings. The Bertz CT molecular complexity index is 275. The summed E-state index contributed by atoms with van der Waals surface area (Å²) in [5.74, 6) is 0.710. The van der Waals surface area contributed by atoms with Gasteiger partial charge >= 0.3 is 0 Å². The second kappa shape index (κ2) is 5.75. The molecule has 1 aromatic heterocycles. The molecule has 1 fully saturated rings. The van der Waals surface area contributed by atoms with Crippen LogP contribution in [0.25, 0.3) is 0 Å².